The first-order chi connectivity index (χ1) is 3.41. The molecule has 9 heavy (non-hydrogen) atoms. The molecule has 0 heterocycles. The zero-order valence-corrected chi connectivity index (χ0v) is 8.99. The Balaban J connectivity index is -0.0000000326. The maximum Gasteiger partial charge on any atom is 1.00 e. The van der Waals surface area contributed by atoms with Gasteiger partial charge in [-0.25, -0.2) is 0 Å². The third-order valence-electron chi connectivity index (χ3n) is 0. The average Bonchev–Trinajstić information content (AvgIpc) is 1.27. The standard InChI is InChI=1S/C2H6O.Na.H2O4Se.H/c1-2-3;;1-5(2,3)4;/h3H,2H2,1H3;;(H2,1,2,3,4);/q;+1;;-1. The van der Waals surface area contributed by atoms with Gasteiger partial charge in [0.25, 0.3) is 0 Å². The van der Waals surface area contributed by atoms with E-state index in [1.54, 1.807) is 6.92 Å². The first-order valence-electron chi connectivity index (χ1n) is 1.72. The Labute approximate surface area is 78.8 Å². The van der Waals surface area contributed by atoms with Crippen LogP contribution in [-0.2, 0) is 7.67 Å². The number of hydrogen-bond donors (Lipinski definition) is 3. The molecule has 0 atom stereocenters. The van der Waals surface area contributed by atoms with Crippen LogP contribution < -0.4 is 29.6 Å². The molecule has 0 fully saturated rings. The second-order valence-corrected chi connectivity index (χ2v) is 2.64. The van der Waals surface area contributed by atoms with E-state index in [-0.39, 0.29) is 37.6 Å². The third kappa shape index (κ3) is 441. The molecular formula is C2H9NaO5Se. The molecule has 3 N–H and O–H groups in total. The van der Waals surface area contributed by atoms with Crippen molar-refractivity contribution in [3.05, 3.63) is 0 Å². The molecule has 0 amide bonds. The summed E-state index contributed by atoms with van der Waals surface area (Å²) < 4.78 is 31.9. The summed E-state index contributed by atoms with van der Waals surface area (Å²) in [6, 6.07) is 0. The quantitative estimate of drug-likeness (QED) is 0.353. The molecule has 0 bridgehead atoms. The molecule has 0 rings (SSSR count). The molecule has 54 valence electrons. The van der Waals surface area contributed by atoms with Crippen LogP contribution in [0.25, 0.3) is 0 Å². The maximum atomic E-state index is 8.82. The van der Waals surface area contributed by atoms with Gasteiger partial charge in [0, 0.05) is 6.61 Å². The van der Waals surface area contributed by atoms with E-state index in [0.29, 0.717) is 0 Å². The van der Waals surface area contributed by atoms with Crippen LogP contribution in [0.2, 0.25) is 0 Å². The van der Waals surface area contributed by atoms with E-state index >= 15 is 0 Å². The molecule has 0 saturated carbocycles. The zero-order chi connectivity index (χ0) is 7.21. The fourth-order valence-electron chi connectivity index (χ4n) is 0. The summed E-state index contributed by atoms with van der Waals surface area (Å²) >= 11 is -5.25. The second kappa shape index (κ2) is 9.00. The van der Waals surface area contributed by atoms with Crippen molar-refractivity contribution in [2.75, 3.05) is 6.61 Å². The summed E-state index contributed by atoms with van der Waals surface area (Å²) in [7, 11) is 0. The monoisotopic (exact) mass is 216 g/mol. The van der Waals surface area contributed by atoms with Gasteiger partial charge in [-0.2, -0.15) is 0 Å². The smallest absolute Gasteiger partial charge is 1.00 e. The zero-order valence-electron chi connectivity index (χ0n) is 6.27. The van der Waals surface area contributed by atoms with Crippen molar-refractivity contribution in [3.63, 3.8) is 0 Å². The number of aliphatic hydroxyl groups excluding tert-OH is 1. The Kier molecular flexibility index (Phi) is 16.5. The summed E-state index contributed by atoms with van der Waals surface area (Å²) in [6.45, 7) is 1.93. The van der Waals surface area contributed by atoms with Gasteiger partial charge in [0.1, 0.15) is 0 Å². The van der Waals surface area contributed by atoms with Gasteiger partial charge >= 0.3 is 59.0 Å². The Morgan fingerprint density at radius 1 is 1.44 bits per heavy atom. The maximum absolute atomic E-state index is 8.82. The molecule has 0 unspecified atom stereocenters. The van der Waals surface area contributed by atoms with Crippen molar-refractivity contribution < 1.29 is 52.1 Å². The fraction of sp³-hybridized carbons (Fsp3) is 1.00. The van der Waals surface area contributed by atoms with Crippen LogP contribution in [0.1, 0.15) is 8.35 Å². The Bertz CT molecular complexity index is 114. The summed E-state index contributed by atoms with van der Waals surface area (Å²) in [4.78, 5) is 0. The van der Waals surface area contributed by atoms with E-state index in [1.165, 1.54) is 0 Å². The predicted octanol–water partition coefficient (Wildman–Crippen LogP) is -4.62. The average molecular weight is 215 g/mol. The molecule has 0 radical (unpaired) electrons. The number of aliphatic hydroxyl groups is 1. The molecule has 7 heteroatoms. The minimum Gasteiger partial charge on any atom is -1.00 e. The Morgan fingerprint density at radius 3 is 1.44 bits per heavy atom. The van der Waals surface area contributed by atoms with Crippen molar-refractivity contribution in [2.45, 2.75) is 6.92 Å². The molecule has 0 aromatic rings. The minimum absolute atomic E-state index is 0. The van der Waals surface area contributed by atoms with Gasteiger partial charge in [0.2, 0.25) is 0 Å². The van der Waals surface area contributed by atoms with Gasteiger partial charge < -0.3 is 6.53 Å². The Morgan fingerprint density at radius 2 is 1.44 bits per heavy atom. The van der Waals surface area contributed by atoms with Crippen molar-refractivity contribution >= 4 is 13.4 Å². The van der Waals surface area contributed by atoms with Gasteiger partial charge in [-0.15, -0.1) is 0 Å². The van der Waals surface area contributed by atoms with Crippen LogP contribution in [0, 0.1) is 0 Å². The van der Waals surface area contributed by atoms with Crippen molar-refractivity contribution in [2.24, 2.45) is 0 Å². The molecule has 5 nitrogen and oxygen atoms in total. The molecule has 0 aromatic heterocycles. The predicted molar refractivity (Wildman–Crippen MR) is 25.4 cm³/mol. The van der Waals surface area contributed by atoms with Crippen LogP contribution in [0.15, 0.2) is 0 Å². The van der Waals surface area contributed by atoms with Crippen LogP contribution >= 0.6 is 0 Å². The van der Waals surface area contributed by atoms with E-state index in [1.807, 2.05) is 0 Å². The van der Waals surface area contributed by atoms with E-state index in [4.69, 9.17) is 21.2 Å². The normalized spacial score (nSPS) is 8.44. The summed E-state index contributed by atoms with van der Waals surface area (Å²) in [5, 5.41) is 7.57. The van der Waals surface area contributed by atoms with Crippen LogP contribution in [0.3, 0.4) is 0 Å². The van der Waals surface area contributed by atoms with Gasteiger partial charge in [-0.1, -0.05) is 0 Å². The van der Waals surface area contributed by atoms with Crippen molar-refractivity contribution in [1.29, 1.82) is 0 Å². The van der Waals surface area contributed by atoms with Crippen molar-refractivity contribution in [1.82, 2.24) is 0 Å². The van der Waals surface area contributed by atoms with Gasteiger partial charge in [0.15, 0.2) is 0 Å². The third-order valence-corrected chi connectivity index (χ3v) is 0. The van der Waals surface area contributed by atoms with Crippen LogP contribution in [0.4, 0.5) is 0 Å². The minimum atomic E-state index is -5.25. The van der Waals surface area contributed by atoms with E-state index in [0.717, 1.165) is 0 Å². The van der Waals surface area contributed by atoms with Gasteiger partial charge in [-0.05, 0) is 6.92 Å². The van der Waals surface area contributed by atoms with Crippen LogP contribution in [0.5, 0.6) is 0 Å². The van der Waals surface area contributed by atoms with Gasteiger partial charge in [-0.3, -0.25) is 0 Å². The largest absolute Gasteiger partial charge is 1.00 e. The van der Waals surface area contributed by atoms with E-state index in [2.05, 4.69) is 0 Å². The first-order valence-corrected chi connectivity index (χ1v) is 4.65. The molecule has 0 aliphatic rings. The topological polar surface area (TPSA) is 94.8 Å². The van der Waals surface area contributed by atoms with E-state index < -0.39 is 13.4 Å². The number of rotatable bonds is 0. The van der Waals surface area contributed by atoms with Crippen molar-refractivity contribution in [3.8, 4) is 0 Å². The van der Waals surface area contributed by atoms with Gasteiger partial charge in [0.05, 0.1) is 0 Å². The molecule has 0 aromatic carbocycles. The number of hydrogen-bond acceptors (Lipinski definition) is 3. The fourth-order valence-corrected chi connectivity index (χ4v) is 0. The molecule has 0 aliphatic heterocycles. The Hall–Kier alpha value is 0.999. The summed E-state index contributed by atoms with van der Waals surface area (Å²) in [5.41, 5.74) is 0. The molecule has 0 spiro atoms. The summed E-state index contributed by atoms with van der Waals surface area (Å²) in [5.74, 6) is 0. The second-order valence-electron chi connectivity index (χ2n) is 0.764. The summed E-state index contributed by atoms with van der Waals surface area (Å²) in [6.07, 6.45) is 0. The molecular weight excluding hydrogens is 206 g/mol. The SMILES string of the molecule is CCO.O=[Se](=O)(O)O.[H-].[Na+]. The molecule has 0 saturated heterocycles. The van der Waals surface area contributed by atoms with Crippen LogP contribution in [-0.4, -0.2) is 33.5 Å². The molecule has 0 aliphatic carbocycles. The van der Waals surface area contributed by atoms with E-state index in [9.17, 15) is 0 Å². The first kappa shape index (κ1) is 16.5.